The molecule has 1 unspecified atom stereocenters. The van der Waals surface area contributed by atoms with E-state index < -0.39 is 24.9 Å². The number of aromatic nitrogens is 1. The molecular formula is C46H46F4N2O4. The van der Waals surface area contributed by atoms with Crippen LogP contribution < -0.4 is 4.74 Å². The summed E-state index contributed by atoms with van der Waals surface area (Å²) in [5.74, 6) is -4.65. The Morgan fingerprint density at radius 3 is 2.11 bits per heavy atom. The van der Waals surface area contributed by atoms with E-state index in [0.29, 0.717) is 28.2 Å². The average Bonchev–Trinajstić information content (AvgIpc) is 3.47. The van der Waals surface area contributed by atoms with E-state index in [-0.39, 0.29) is 17.2 Å². The highest BCUT2D eigenvalue weighted by Crippen LogP contribution is 2.39. The van der Waals surface area contributed by atoms with Crippen molar-refractivity contribution in [3.05, 3.63) is 124 Å². The Bertz CT molecular complexity index is 2430. The number of benzene rings is 5. The lowest BCUT2D eigenvalue weighted by molar-refractivity contribution is -0.148. The number of nitrogens with zero attached hydrogens (tertiary/aromatic N) is 2. The topological polar surface area (TPSA) is 69.9 Å². The van der Waals surface area contributed by atoms with Crippen LogP contribution in [0.3, 0.4) is 0 Å². The first kappa shape index (κ1) is 40.2. The average molecular weight is 767 g/mol. The molecule has 6 nitrogen and oxygen atoms in total. The first-order valence-corrected chi connectivity index (χ1v) is 19.0. The molecule has 6 aromatic rings. The van der Waals surface area contributed by atoms with Gasteiger partial charge in [0.25, 0.3) is 0 Å². The molecule has 1 aromatic heterocycles. The summed E-state index contributed by atoms with van der Waals surface area (Å²) in [5.41, 5.74) is 7.46. The third kappa shape index (κ3) is 8.20. The number of oxime groups is 1. The first-order valence-electron chi connectivity index (χ1n) is 19.0. The van der Waals surface area contributed by atoms with Crippen LogP contribution >= 0.6 is 0 Å². The van der Waals surface area contributed by atoms with Crippen molar-refractivity contribution in [2.75, 3.05) is 6.61 Å². The van der Waals surface area contributed by atoms with Crippen LogP contribution in [0.15, 0.2) is 90.1 Å². The fourth-order valence-corrected chi connectivity index (χ4v) is 7.67. The van der Waals surface area contributed by atoms with Crippen molar-refractivity contribution in [3.63, 3.8) is 0 Å². The summed E-state index contributed by atoms with van der Waals surface area (Å²) in [6, 6.07) is 25.7. The Labute approximate surface area is 324 Å². The molecule has 10 heteroatoms. The van der Waals surface area contributed by atoms with Crippen molar-refractivity contribution in [2.24, 2.45) is 11.1 Å². The number of aryl methyl sites for hydroxylation is 3. The van der Waals surface area contributed by atoms with Gasteiger partial charge >= 0.3 is 18.3 Å². The molecule has 0 radical (unpaired) electrons. The van der Waals surface area contributed by atoms with Crippen LogP contribution in [-0.2, 0) is 16.2 Å². The minimum absolute atomic E-state index is 0.0453. The minimum Gasteiger partial charge on any atom is -0.487 e. The summed E-state index contributed by atoms with van der Waals surface area (Å²) in [7, 11) is 0. The Balaban J connectivity index is 1.57. The van der Waals surface area contributed by atoms with Crippen molar-refractivity contribution in [1.29, 1.82) is 0 Å². The number of fused-ring (bicyclic) bond motifs is 5. The molecule has 0 fully saturated rings. The van der Waals surface area contributed by atoms with E-state index in [2.05, 4.69) is 29.6 Å². The maximum absolute atomic E-state index is 14.7. The van der Waals surface area contributed by atoms with E-state index in [0.717, 1.165) is 81.5 Å². The third-order valence-electron chi connectivity index (χ3n) is 10.4. The Morgan fingerprint density at radius 2 is 1.48 bits per heavy atom. The van der Waals surface area contributed by atoms with Gasteiger partial charge < -0.3 is 14.1 Å². The van der Waals surface area contributed by atoms with Crippen molar-refractivity contribution >= 4 is 50.0 Å². The van der Waals surface area contributed by atoms with E-state index >= 15 is 0 Å². The zero-order valence-corrected chi connectivity index (χ0v) is 32.5. The van der Waals surface area contributed by atoms with Gasteiger partial charge in [-0.05, 0) is 92.1 Å². The van der Waals surface area contributed by atoms with Gasteiger partial charge in [0.15, 0.2) is 12.4 Å². The van der Waals surface area contributed by atoms with E-state index in [1.807, 2.05) is 75.4 Å². The van der Waals surface area contributed by atoms with Crippen LogP contribution in [0, 0.1) is 26.7 Å². The predicted molar refractivity (Wildman–Crippen MR) is 215 cm³/mol. The quantitative estimate of drug-likeness (QED) is 0.0343. The first-order chi connectivity index (χ1) is 26.7. The van der Waals surface area contributed by atoms with Crippen LogP contribution in [0.1, 0.15) is 90.2 Å². The van der Waals surface area contributed by atoms with Crippen molar-refractivity contribution in [1.82, 2.24) is 4.57 Å². The molecule has 0 aliphatic rings. The molecule has 0 saturated heterocycles. The lowest BCUT2D eigenvalue weighted by Crippen LogP contribution is -2.33. The summed E-state index contributed by atoms with van der Waals surface area (Å²) in [5, 5.41) is 7.77. The number of ketones is 1. The van der Waals surface area contributed by atoms with E-state index in [1.54, 1.807) is 0 Å². The van der Waals surface area contributed by atoms with Gasteiger partial charge in [-0.3, -0.25) is 4.79 Å². The highest BCUT2D eigenvalue weighted by molar-refractivity contribution is 6.27. The number of carbonyl (C=O) groups excluding carboxylic acids is 2. The number of halogens is 4. The smallest absolute Gasteiger partial charge is 0.340 e. The van der Waals surface area contributed by atoms with Crippen molar-refractivity contribution in [2.45, 2.75) is 86.1 Å². The summed E-state index contributed by atoms with van der Waals surface area (Å²) in [4.78, 5) is 31.8. The molecule has 0 aliphatic carbocycles. The maximum Gasteiger partial charge on any atom is 0.340 e. The van der Waals surface area contributed by atoms with Gasteiger partial charge in [0, 0.05) is 57.4 Å². The summed E-state index contributed by atoms with van der Waals surface area (Å²) in [6.07, 6.45) is 0.420. The molecular weight excluding hydrogens is 721 g/mol. The fraction of sp³-hybridized carbons (Fsp3) is 0.326. The van der Waals surface area contributed by atoms with Gasteiger partial charge in [0.2, 0.25) is 0 Å². The Morgan fingerprint density at radius 1 is 0.821 bits per heavy atom. The highest BCUT2D eigenvalue weighted by atomic mass is 19.3. The molecule has 0 N–H and O–H groups in total. The normalized spacial score (nSPS) is 12.9. The minimum atomic E-state index is -4.31. The summed E-state index contributed by atoms with van der Waals surface area (Å²) < 4.78 is 59.9. The number of rotatable bonds is 15. The van der Waals surface area contributed by atoms with Crippen molar-refractivity contribution in [3.8, 4) is 5.75 Å². The number of hydrogen-bond donors (Lipinski definition) is 0. The number of alkyl halides is 4. The molecule has 292 valence electrons. The maximum atomic E-state index is 14.7. The van der Waals surface area contributed by atoms with Crippen LogP contribution in [0.5, 0.6) is 5.75 Å². The third-order valence-corrected chi connectivity index (χ3v) is 10.4. The standard InChI is InChI=1S/C46H46F4N2O4/c1-7-9-12-31(8-2)25-52-40-20-17-33(42(51-56-30(6)53)32-15-18-34(19-16-32)55-26-46(49,50)45(47)48)23-37(40)38-24-39(35-13-10-11-14-36(35)43(38)52)44(54)41-28(4)21-27(3)22-29(41)5/h10-11,13-24,31,45H,7-9,12,25-26H2,1-6H3/b51-42-. The van der Waals surface area contributed by atoms with Gasteiger partial charge in [-0.25, -0.2) is 13.6 Å². The Hall–Kier alpha value is -5.51. The zero-order valence-electron chi connectivity index (χ0n) is 32.5. The summed E-state index contributed by atoms with van der Waals surface area (Å²) in [6.45, 7) is 10.9. The number of ether oxygens (including phenoxy) is 1. The largest absolute Gasteiger partial charge is 0.487 e. The monoisotopic (exact) mass is 766 g/mol. The van der Waals surface area contributed by atoms with Gasteiger partial charge in [-0.15, -0.1) is 0 Å². The highest BCUT2D eigenvalue weighted by Gasteiger charge is 2.41. The van der Waals surface area contributed by atoms with E-state index in [9.17, 15) is 27.2 Å². The second-order valence-corrected chi connectivity index (χ2v) is 14.6. The van der Waals surface area contributed by atoms with Crippen LogP contribution in [-0.4, -0.2) is 41.0 Å². The molecule has 0 bridgehead atoms. The molecule has 0 spiro atoms. The molecule has 5 aromatic carbocycles. The molecule has 56 heavy (non-hydrogen) atoms. The molecule has 6 rings (SSSR count). The van der Waals surface area contributed by atoms with Gasteiger partial charge in [0.05, 0.1) is 5.52 Å². The van der Waals surface area contributed by atoms with Gasteiger partial charge in [-0.2, -0.15) is 8.78 Å². The van der Waals surface area contributed by atoms with E-state index in [4.69, 9.17) is 9.57 Å². The van der Waals surface area contributed by atoms with E-state index in [1.165, 1.54) is 31.2 Å². The lowest BCUT2D eigenvalue weighted by atomic mass is 9.89. The molecule has 1 heterocycles. The predicted octanol–water partition coefficient (Wildman–Crippen LogP) is 11.9. The van der Waals surface area contributed by atoms with Crippen molar-refractivity contribution < 1.29 is 36.7 Å². The van der Waals surface area contributed by atoms with Crippen LogP contribution in [0.4, 0.5) is 17.6 Å². The number of hydrogen-bond acceptors (Lipinski definition) is 5. The molecule has 1 atom stereocenters. The number of unbranched alkanes of at least 4 members (excludes halogenated alkanes) is 1. The molecule has 0 saturated carbocycles. The second-order valence-electron chi connectivity index (χ2n) is 14.6. The Kier molecular flexibility index (Phi) is 12.0. The lowest BCUT2D eigenvalue weighted by Gasteiger charge is -2.19. The fourth-order valence-electron chi connectivity index (χ4n) is 7.67. The summed E-state index contributed by atoms with van der Waals surface area (Å²) >= 11 is 0. The van der Waals surface area contributed by atoms with Crippen LogP contribution in [0.25, 0.3) is 32.6 Å². The van der Waals surface area contributed by atoms with Gasteiger partial charge in [-0.1, -0.05) is 86.3 Å². The second kappa shape index (κ2) is 16.7. The zero-order chi connectivity index (χ0) is 40.3. The SMILES string of the molecule is CCCCC(CC)Cn1c2ccc(/C(=N\OC(C)=O)c3ccc(OCC(F)(F)C(F)F)cc3)cc2c2cc(C(=O)c3c(C)cc(C)cc3C)c3ccccc3c21. The molecule has 0 aliphatic heterocycles. The molecule has 0 amide bonds. The van der Waals surface area contributed by atoms with Gasteiger partial charge in [0.1, 0.15) is 11.5 Å². The number of carbonyl (C=O) groups is 2. The van der Waals surface area contributed by atoms with Crippen LogP contribution in [0.2, 0.25) is 0 Å².